The molecule has 1 aliphatic rings. The molecule has 0 bridgehead atoms. The van der Waals surface area contributed by atoms with Crippen LogP contribution in [0.4, 0.5) is 0 Å². The molecule has 3 aromatic carbocycles. The first-order chi connectivity index (χ1) is 14.9. The lowest BCUT2D eigenvalue weighted by molar-refractivity contribution is -0.122. The zero-order valence-corrected chi connectivity index (χ0v) is 18.7. The summed E-state index contributed by atoms with van der Waals surface area (Å²) in [6.07, 6.45) is 2.56. The molecule has 160 valence electrons. The quantitative estimate of drug-likeness (QED) is 0.410. The van der Waals surface area contributed by atoms with Crippen LogP contribution in [0.5, 0.6) is 5.75 Å². The number of nitrogens with one attached hydrogen (secondary N) is 1. The van der Waals surface area contributed by atoms with Crippen molar-refractivity contribution in [2.45, 2.75) is 45.4 Å². The number of carbonyl (C=O) groups is 1. The Morgan fingerprint density at radius 3 is 2.55 bits per heavy atom. The van der Waals surface area contributed by atoms with E-state index in [0.29, 0.717) is 6.61 Å². The zero-order chi connectivity index (χ0) is 22.0. The number of hydrogen-bond acceptors (Lipinski definition) is 3. The summed E-state index contributed by atoms with van der Waals surface area (Å²) in [4.78, 5) is 12.6. The summed E-state index contributed by atoms with van der Waals surface area (Å²) >= 11 is 0. The van der Waals surface area contributed by atoms with Crippen molar-refractivity contribution in [1.29, 1.82) is 0 Å². The normalized spacial score (nSPS) is 18.3. The lowest BCUT2D eigenvalue weighted by atomic mass is 9.86. The average Bonchev–Trinajstić information content (AvgIpc) is 3.56. The number of carbonyl (C=O) groups excluding carboxylic acids is 1. The van der Waals surface area contributed by atoms with Crippen molar-refractivity contribution >= 4 is 22.9 Å². The molecule has 1 saturated carbocycles. The first kappa shape index (κ1) is 21.1. The van der Waals surface area contributed by atoms with Gasteiger partial charge in [0.1, 0.15) is 5.75 Å². The maximum atomic E-state index is 12.6. The van der Waals surface area contributed by atoms with E-state index in [2.05, 4.69) is 61.6 Å². The Balaban J connectivity index is 1.44. The molecule has 0 aromatic heterocycles. The second-order valence-corrected chi connectivity index (χ2v) is 9.19. The molecule has 4 rings (SSSR count). The SMILES string of the molecule is CCOc1ccc2ccccc2c1C=NNC(=O)[C@@H]1C[C@@H]1c1ccc(C(C)(C)C)cc1. The van der Waals surface area contributed by atoms with Gasteiger partial charge >= 0.3 is 0 Å². The van der Waals surface area contributed by atoms with Gasteiger partial charge in [0, 0.05) is 11.5 Å². The van der Waals surface area contributed by atoms with Crippen molar-refractivity contribution < 1.29 is 9.53 Å². The van der Waals surface area contributed by atoms with Gasteiger partial charge in [-0.1, -0.05) is 75.4 Å². The van der Waals surface area contributed by atoms with E-state index in [0.717, 1.165) is 28.5 Å². The van der Waals surface area contributed by atoms with Gasteiger partial charge < -0.3 is 4.74 Å². The molecular weight excluding hydrogens is 384 g/mol. The van der Waals surface area contributed by atoms with Crippen molar-refractivity contribution in [2.75, 3.05) is 6.61 Å². The molecule has 0 heterocycles. The average molecular weight is 415 g/mol. The molecule has 0 aliphatic heterocycles. The molecule has 4 nitrogen and oxygen atoms in total. The van der Waals surface area contributed by atoms with Crippen LogP contribution in [0.3, 0.4) is 0 Å². The van der Waals surface area contributed by atoms with E-state index < -0.39 is 0 Å². The Kier molecular flexibility index (Phi) is 5.81. The van der Waals surface area contributed by atoms with Crippen LogP contribution in [0.2, 0.25) is 0 Å². The summed E-state index contributed by atoms with van der Waals surface area (Å²) in [6, 6.07) is 20.8. The van der Waals surface area contributed by atoms with Crippen molar-refractivity contribution in [3.05, 3.63) is 77.4 Å². The number of ether oxygens (including phenoxy) is 1. The van der Waals surface area contributed by atoms with Crippen LogP contribution in [0, 0.1) is 5.92 Å². The molecule has 1 aliphatic carbocycles. The van der Waals surface area contributed by atoms with Gasteiger partial charge in [-0.3, -0.25) is 4.79 Å². The first-order valence-corrected chi connectivity index (χ1v) is 11.0. The number of hydrazone groups is 1. The molecule has 4 heteroatoms. The lowest BCUT2D eigenvalue weighted by Gasteiger charge is -2.19. The van der Waals surface area contributed by atoms with E-state index in [1.165, 1.54) is 11.1 Å². The molecule has 31 heavy (non-hydrogen) atoms. The number of fused-ring (bicyclic) bond motifs is 1. The minimum absolute atomic E-state index is 0.0171. The number of nitrogens with zero attached hydrogens (tertiary/aromatic N) is 1. The van der Waals surface area contributed by atoms with Gasteiger partial charge in [-0.15, -0.1) is 0 Å². The highest BCUT2D eigenvalue weighted by Crippen LogP contribution is 2.47. The highest BCUT2D eigenvalue weighted by Gasteiger charge is 2.44. The van der Waals surface area contributed by atoms with Crippen LogP contribution in [0.1, 0.15) is 56.7 Å². The van der Waals surface area contributed by atoms with Crippen LogP contribution in [-0.4, -0.2) is 18.7 Å². The topological polar surface area (TPSA) is 50.7 Å². The van der Waals surface area contributed by atoms with Gasteiger partial charge in [-0.2, -0.15) is 5.10 Å². The molecular formula is C27H30N2O2. The summed E-state index contributed by atoms with van der Waals surface area (Å²) in [7, 11) is 0. The van der Waals surface area contributed by atoms with Gasteiger partial charge in [-0.05, 0) is 52.6 Å². The number of rotatable bonds is 6. The Morgan fingerprint density at radius 1 is 1.10 bits per heavy atom. The van der Waals surface area contributed by atoms with Crippen molar-refractivity contribution in [3.63, 3.8) is 0 Å². The number of hydrogen-bond donors (Lipinski definition) is 1. The van der Waals surface area contributed by atoms with E-state index in [4.69, 9.17) is 4.74 Å². The fourth-order valence-corrected chi connectivity index (χ4v) is 4.02. The van der Waals surface area contributed by atoms with Gasteiger partial charge in [0.15, 0.2) is 0 Å². The molecule has 3 aromatic rings. The third-order valence-corrected chi connectivity index (χ3v) is 5.93. The molecule has 0 saturated heterocycles. The summed E-state index contributed by atoms with van der Waals surface area (Å²) < 4.78 is 5.77. The van der Waals surface area contributed by atoms with E-state index in [1.807, 2.05) is 37.3 Å². The van der Waals surface area contributed by atoms with Gasteiger partial charge in [0.2, 0.25) is 5.91 Å². The largest absolute Gasteiger partial charge is 0.493 e. The fraction of sp³-hybridized carbons (Fsp3) is 0.333. The van der Waals surface area contributed by atoms with Crippen molar-refractivity contribution in [2.24, 2.45) is 11.0 Å². The van der Waals surface area contributed by atoms with E-state index >= 15 is 0 Å². The Labute approximate surface area is 184 Å². The minimum Gasteiger partial charge on any atom is -0.493 e. The lowest BCUT2D eigenvalue weighted by Crippen LogP contribution is -2.20. The Hall–Kier alpha value is -3.14. The van der Waals surface area contributed by atoms with Crippen LogP contribution < -0.4 is 10.2 Å². The zero-order valence-electron chi connectivity index (χ0n) is 18.7. The predicted octanol–water partition coefficient (Wildman–Crippen LogP) is 5.79. The summed E-state index contributed by atoms with van der Waals surface area (Å²) in [6.45, 7) is 9.16. The Morgan fingerprint density at radius 2 is 1.84 bits per heavy atom. The van der Waals surface area contributed by atoms with Crippen LogP contribution >= 0.6 is 0 Å². The molecule has 0 spiro atoms. The van der Waals surface area contributed by atoms with E-state index in [1.54, 1.807) is 6.21 Å². The maximum Gasteiger partial charge on any atom is 0.243 e. The second kappa shape index (κ2) is 8.54. The van der Waals surface area contributed by atoms with Gasteiger partial charge in [0.25, 0.3) is 0 Å². The van der Waals surface area contributed by atoms with Crippen molar-refractivity contribution in [3.8, 4) is 5.75 Å². The first-order valence-electron chi connectivity index (χ1n) is 11.0. The van der Waals surface area contributed by atoms with Crippen LogP contribution in [0.15, 0.2) is 65.8 Å². The van der Waals surface area contributed by atoms with Gasteiger partial charge in [-0.25, -0.2) is 5.43 Å². The van der Waals surface area contributed by atoms with Crippen LogP contribution in [-0.2, 0) is 10.2 Å². The minimum atomic E-state index is -0.0284. The summed E-state index contributed by atoms with van der Waals surface area (Å²) in [5.41, 5.74) is 6.29. The summed E-state index contributed by atoms with van der Waals surface area (Å²) in [5, 5.41) is 6.43. The summed E-state index contributed by atoms with van der Waals surface area (Å²) in [5.74, 6) is 0.999. The number of benzene rings is 3. The molecule has 1 N–H and O–H groups in total. The number of amides is 1. The smallest absolute Gasteiger partial charge is 0.243 e. The third kappa shape index (κ3) is 4.63. The molecule has 0 radical (unpaired) electrons. The highest BCUT2D eigenvalue weighted by atomic mass is 16.5. The van der Waals surface area contributed by atoms with E-state index in [-0.39, 0.29) is 23.2 Å². The van der Waals surface area contributed by atoms with Crippen LogP contribution in [0.25, 0.3) is 10.8 Å². The standard InChI is InChI=1S/C27H30N2O2/c1-5-31-25-15-12-18-8-6-7-9-21(18)24(25)17-28-29-26(30)23-16-22(23)19-10-13-20(14-11-19)27(2,3)4/h6-15,17,22-23H,5,16H2,1-4H3,(H,29,30)/t22-,23-/m1/s1. The molecule has 1 amide bonds. The van der Waals surface area contributed by atoms with Crippen molar-refractivity contribution in [1.82, 2.24) is 5.43 Å². The molecule has 2 atom stereocenters. The Bertz CT molecular complexity index is 1110. The fourth-order valence-electron chi connectivity index (χ4n) is 4.02. The second-order valence-electron chi connectivity index (χ2n) is 9.19. The highest BCUT2D eigenvalue weighted by molar-refractivity contribution is 6.02. The predicted molar refractivity (Wildman–Crippen MR) is 127 cm³/mol. The third-order valence-electron chi connectivity index (χ3n) is 5.93. The molecule has 0 unspecified atom stereocenters. The molecule has 1 fully saturated rings. The maximum absolute atomic E-state index is 12.6. The monoisotopic (exact) mass is 414 g/mol. The van der Waals surface area contributed by atoms with Gasteiger partial charge in [0.05, 0.1) is 12.8 Å². The van der Waals surface area contributed by atoms with E-state index in [9.17, 15) is 4.79 Å².